The Hall–Kier alpha value is -3.69. The van der Waals surface area contributed by atoms with E-state index in [0.717, 1.165) is 34.8 Å². The smallest absolute Gasteiger partial charge is 0.251 e. The Morgan fingerprint density at radius 2 is 1.72 bits per heavy atom. The number of carbonyl (C=O) groups excluding carboxylic acids is 3. The lowest BCUT2D eigenvalue weighted by molar-refractivity contribution is -0.120. The molecular formula is C26H24ClN5O3S. The summed E-state index contributed by atoms with van der Waals surface area (Å²) in [6, 6.07) is 14.2. The van der Waals surface area contributed by atoms with E-state index in [4.69, 9.17) is 11.6 Å². The van der Waals surface area contributed by atoms with Gasteiger partial charge in [-0.15, -0.1) is 11.3 Å². The van der Waals surface area contributed by atoms with Gasteiger partial charge < -0.3 is 16.0 Å². The fourth-order valence-electron chi connectivity index (χ4n) is 3.72. The molecule has 184 valence electrons. The molecule has 1 aliphatic carbocycles. The van der Waals surface area contributed by atoms with Gasteiger partial charge in [0.2, 0.25) is 11.8 Å². The van der Waals surface area contributed by atoms with E-state index in [1.807, 2.05) is 40.2 Å². The maximum atomic E-state index is 12.5. The van der Waals surface area contributed by atoms with Crippen LogP contribution in [0.2, 0.25) is 5.02 Å². The topological polar surface area (TPSA) is 105 Å². The number of anilines is 1. The summed E-state index contributed by atoms with van der Waals surface area (Å²) in [6.45, 7) is 0.614. The van der Waals surface area contributed by atoms with Crippen LogP contribution in [-0.2, 0) is 16.0 Å². The minimum absolute atomic E-state index is 0.0289. The molecule has 0 atom stereocenters. The van der Waals surface area contributed by atoms with E-state index < -0.39 is 0 Å². The van der Waals surface area contributed by atoms with Crippen LogP contribution in [-0.4, -0.2) is 40.2 Å². The lowest BCUT2D eigenvalue weighted by Crippen LogP contribution is -2.35. The number of fused-ring (bicyclic) bond motifs is 1. The zero-order valence-electron chi connectivity index (χ0n) is 19.3. The van der Waals surface area contributed by atoms with Crippen molar-refractivity contribution in [3.63, 3.8) is 0 Å². The van der Waals surface area contributed by atoms with Crippen molar-refractivity contribution < 1.29 is 14.4 Å². The molecule has 2 aromatic heterocycles. The van der Waals surface area contributed by atoms with Crippen LogP contribution in [0.15, 0.2) is 60.1 Å². The van der Waals surface area contributed by atoms with E-state index in [1.54, 1.807) is 24.3 Å². The van der Waals surface area contributed by atoms with Crippen LogP contribution in [0.25, 0.3) is 16.2 Å². The molecular weight excluding hydrogens is 498 g/mol. The summed E-state index contributed by atoms with van der Waals surface area (Å²) >= 11 is 7.45. The Morgan fingerprint density at radius 1 is 1.00 bits per heavy atom. The van der Waals surface area contributed by atoms with Crippen molar-refractivity contribution in [2.75, 3.05) is 18.4 Å². The maximum Gasteiger partial charge on any atom is 0.251 e. The third kappa shape index (κ3) is 5.75. The van der Waals surface area contributed by atoms with Gasteiger partial charge in [0.15, 0.2) is 4.96 Å². The van der Waals surface area contributed by atoms with Crippen molar-refractivity contribution in [1.82, 2.24) is 20.0 Å². The first-order valence-corrected chi connectivity index (χ1v) is 12.9. The quantitative estimate of drug-likeness (QED) is 0.288. The Bertz CT molecular complexity index is 1410. The number of amides is 3. The van der Waals surface area contributed by atoms with E-state index in [-0.39, 0.29) is 30.1 Å². The van der Waals surface area contributed by atoms with Gasteiger partial charge in [-0.05, 0) is 49.2 Å². The molecule has 3 N–H and O–H groups in total. The Labute approximate surface area is 216 Å². The molecule has 0 radical (unpaired) electrons. The Morgan fingerprint density at radius 3 is 2.44 bits per heavy atom. The molecule has 10 heteroatoms. The van der Waals surface area contributed by atoms with E-state index in [9.17, 15) is 14.4 Å². The van der Waals surface area contributed by atoms with Crippen molar-refractivity contribution >= 4 is 51.3 Å². The first kappa shape index (κ1) is 24.0. The lowest BCUT2D eigenvalue weighted by atomic mass is 10.2. The second-order valence-corrected chi connectivity index (χ2v) is 9.91. The first-order valence-electron chi connectivity index (χ1n) is 11.6. The molecule has 0 bridgehead atoms. The van der Waals surface area contributed by atoms with Gasteiger partial charge >= 0.3 is 0 Å². The predicted octanol–water partition coefficient (Wildman–Crippen LogP) is 4.15. The number of nitrogens with zero attached hydrogens (tertiary/aromatic N) is 2. The van der Waals surface area contributed by atoms with Crippen LogP contribution < -0.4 is 16.0 Å². The number of carbonyl (C=O) groups is 3. The number of hydrogen-bond acceptors (Lipinski definition) is 5. The van der Waals surface area contributed by atoms with E-state index >= 15 is 0 Å². The molecule has 0 aliphatic heterocycles. The number of nitrogens with one attached hydrogen (secondary N) is 3. The molecule has 1 fully saturated rings. The third-order valence-corrected chi connectivity index (χ3v) is 7.00. The molecule has 36 heavy (non-hydrogen) atoms. The fraction of sp³-hybridized carbons (Fsp3) is 0.231. The van der Waals surface area contributed by atoms with Crippen LogP contribution in [0, 0.1) is 5.92 Å². The van der Waals surface area contributed by atoms with Crippen LogP contribution in [0.4, 0.5) is 5.69 Å². The van der Waals surface area contributed by atoms with Crippen LogP contribution in [0.5, 0.6) is 0 Å². The highest BCUT2D eigenvalue weighted by atomic mass is 35.5. The molecule has 0 spiro atoms. The summed E-state index contributed by atoms with van der Waals surface area (Å²) in [7, 11) is 0. The number of aromatic nitrogens is 2. The van der Waals surface area contributed by atoms with Gasteiger partial charge in [-0.25, -0.2) is 4.98 Å². The molecule has 2 heterocycles. The zero-order chi connectivity index (χ0) is 25.1. The number of halogens is 1. The molecule has 1 aliphatic rings. The van der Waals surface area contributed by atoms with Crippen molar-refractivity contribution in [3.05, 3.63) is 76.4 Å². The van der Waals surface area contributed by atoms with Gasteiger partial charge in [-0.1, -0.05) is 23.7 Å². The number of imidazole rings is 1. The van der Waals surface area contributed by atoms with Crippen LogP contribution in [0.1, 0.15) is 28.9 Å². The summed E-state index contributed by atoms with van der Waals surface area (Å²) < 4.78 is 1.92. The largest absolute Gasteiger partial charge is 0.354 e. The van der Waals surface area contributed by atoms with Gasteiger partial charge in [0.1, 0.15) is 0 Å². The molecule has 0 saturated heterocycles. The number of benzene rings is 2. The number of thiazole rings is 1. The Balaban J connectivity index is 1.08. The maximum absolute atomic E-state index is 12.5. The Kier molecular flexibility index (Phi) is 7.02. The molecule has 4 aromatic rings. The van der Waals surface area contributed by atoms with Gasteiger partial charge in [-0.3, -0.25) is 18.8 Å². The van der Waals surface area contributed by atoms with E-state index in [1.165, 1.54) is 11.3 Å². The standard InChI is InChI=1S/C26H24ClN5O3S/c27-19-7-3-16(4-8-19)22-14-32-21(15-36-26(32)31-22)13-23(33)28-11-12-29-24(34)17-5-9-20(10-6-17)30-25(35)18-1-2-18/h3-10,14-15,18H,1-2,11-13H2,(H,28,33)(H,29,34)(H,30,35). The minimum Gasteiger partial charge on any atom is -0.354 e. The molecule has 8 nitrogen and oxygen atoms in total. The molecule has 3 amide bonds. The minimum atomic E-state index is -0.239. The van der Waals surface area contributed by atoms with Crippen molar-refractivity contribution in [3.8, 4) is 11.3 Å². The first-order chi connectivity index (χ1) is 17.5. The summed E-state index contributed by atoms with van der Waals surface area (Å²) in [5.41, 5.74) is 3.79. The van der Waals surface area contributed by atoms with Gasteiger partial charge in [0.05, 0.1) is 12.1 Å². The van der Waals surface area contributed by atoms with Gasteiger partial charge in [-0.2, -0.15) is 0 Å². The highest BCUT2D eigenvalue weighted by Gasteiger charge is 2.29. The third-order valence-electron chi connectivity index (χ3n) is 5.86. The average Bonchev–Trinajstić information content (AvgIpc) is 3.55. The van der Waals surface area contributed by atoms with Gasteiger partial charge in [0.25, 0.3) is 5.91 Å². The van der Waals surface area contributed by atoms with Crippen LogP contribution >= 0.6 is 22.9 Å². The summed E-state index contributed by atoms with van der Waals surface area (Å²) in [5, 5.41) is 11.1. The zero-order valence-corrected chi connectivity index (χ0v) is 20.9. The van der Waals surface area contributed by atoms with Crippen LogP contribution in [0.3, 0.4) is 0 Å². The predicted molar refractivity (Wildman–Crippen MR) is 140 cm³/mol. The monoisotopic (exact) mass is 521 g/mol. The SMILES string of the molecule is O=C(Cc1csc2nc(-c3ccc(Cl)cc3)cn12)NCCNC(=O)c1ccc(NC(=O)C2CC2)cc1. The van der Waals surface area contributed by atoms with Crippen molar-refractivity contribution in [1.29, 1.82) is 0 Å². The second kappa shape index (κ2) is 10.5. The number of rotatable bonds is 9. The second-order valence-electron chi connectivity index (χ2n) is 8.64. The molecule has 1 saturated carbocycles. The highest BCUT2D eigenvalue weighted by Crippen LogP contribution is 2.30. The number of hydrogen-bond donors (Lipinski definition) is 3. The normalized spacial score (nSPS) is 12.9. The highest BCUT2D eigenvalue weighted by molar-refractivity contribution is 7.15. The summed E-state index contributed by atoms with van der Waals surface area (Å²) in [4.78, 5) is 42.1. The molecule has 2 aromatic carbocycles. The van der Waals surface area contributed by atoms with Crippen molar-refractivity contribution in [2.45, 2.75) is 19.3 Å². The fourth-order valence-corrected chi connectivity index (χ4v) is 4.72. The average molecular weight is 522 g/mol. The lowest BCUT2D eigenvalue weighted by Gasteiger charge is -2.08. The van der Waals surface area contributed by atoms with E-state index in [2.05, 4.69) is 20.9 Å². The van der Waals surface area contributed by atoms with Gasteiger partial charge in [0, 0.05) is 58.1 Å². The molecule has 0 unspecified atom stereocenters. The molecule has 5 rings (SSSR count). The summed E-state index contributed by atoms with van der Waals surface area (Å²) in [5.74, 6) is -0.222. The summed E-state index contributed by atoms with van der Waals surface area (Å²) in [6.07, 6.45) is 4.00. The van der Waals surface area contributed by atoms with Crippen molar-refractivity contribution in [2.24, 2.45) is 5.92 Å². The van der Waals surface area contributed by atoms with E-state index in [0.29, 0.717) is 29.4 Å².